The smallest absolute Gasteiger partial charge is 0.250 e. The molecule has 0 amide bonds. The summed E-state index contributed by atoms with van der Waals surface area (Å²) in [6.45, 7) is 2.45. The molecular weight excluding hydrogens is 310 g/mol. The van der Waals surface area contributed by atoms with Crippen molar-refractivity contribution in [3.05, 3.63) is 29.2 Å². The first-order valence-corrected chi connectivity index (χ1v) is 9.04. The number of hydrogen-bond acceptors (Lipinski definition) is 6. The lowest BCUT2D eigenvalue weighted by Gasteiger charge is -2.10. The number of sulfonamides is 1. The van der Waals surface area contributed by atoms with E-state index in [0.29, 0.717) is 16.1 Å². The van der Waals surface area contributed by atoms with Crippen LogP contribution in [-0.2, 0) is 16.6 Å². The van der Waals surface area contributed by atoms with Gasteiger partial charge in [-0.05, 0) is 31.9 Å². The van der Waals surface area contributed by atoms with Gasteiger partial charge in [-0.2, -0.15) is 5.10 Å². The van der Waals surface area contributed by atoms with Crippen molar-refractivity contribution in [3.63, 3.8) is 0 Å². The summed E-state index contributed by atoms with van der Waals surface area (Å²) in [5, 5.41) is 9.75. The van der Waals surface area contributed by atoms with Crippen molar-refractivity contribution in [1.82, 2.24) is 25.2 Å². The van der Waals surface area contributed by atoms with Gasteiger partial charge in [-0.3, -0.25) is 5.10 Å². The molecule has 0 bridgehead atoms. The van der Waals surface area contributed by atoms with E-state index < -0.39 is 16.1 Å². The van der Waals surface area contributed by atoms with Gasteiger partial charge in [0.1, 0.15) is 16.4 Å². The highest BCUT2D eigenvalue weighted by molar-refractivity contribution is 7.91. The molecule has 0 spiro atoms. The zero-order valence-electron chi connectivity index (χ0n) is 11.5. The van der Waals surface area contributed by atoms with Crippen LogP contribution < -0.4 is 10.0 Å². The maximum absolute atomic E-state index is 12.3. The number of nitrogens with one attached hydrogen (secondary N) is 3. The first-order valence-electron chi connectivity index (χ1n) is 6.74. The van der Waals surface area contributed by atoms with Crippen LogP contribution >= 0.6 is 11.3 Å². The second-order valence-electron chi connectivity index (χ2n) is 5.09. The highest BCUT2D eigenvalue weighted by atomic mass is 32.2. The van der Waals surface area contributed by atoms with E-state index >= 15 is 0 Å². The number of H-pyrrole nitrogens is 1. The van der Waals surface area contributed by atoms with Crippen molar-refractivity contribution in [2.24, 2.45) is 0 Å². The number of thiophene rings is 1. The Kier molecular flexibility index (Phi) is 4.07. The Morgan fingerprint density at radius 2 is 2.29 bits per heavy atom. The third kappa shape index (κ3) is 3.67. The summed E-state index contributed by atoms with van der Waals surface area (Å²) in [6, 6.07) is 3.65. The molecule has 1 fully saturated rings. The number of rotatable bonds is 7. The van der Waals surface area contributed by atoms with E-state index in [0.717, 1.165) is 11.4 Å². The molecule has 114 valence electrons. The van der Waals surface area contributed by atoms with E-state index in [-0.39, 0.29) is 0 Å². The molecule has 1 atom stereocenters. The molecule has 2 heterocycles. The van der Waals surface area contributed by atoms with Crippen LogP contribution in [0.25, 0.3) is 0 Å². The van der Waals surface area contributed by atoms with Crippen LogP contribution in [0.2, 0.25) is 0 Å². The maximum Gasteiger partial charge on any atom is 0.250 e. The molecule has 3 N–H and O–H groups in total. The van der Waals surface area contributed by atoms with Crippen molar-refractivity contribution in [1.29, 1.82) is 0 Å². The highest BCUT2D eigenvalue weighted by Gasteiger charge is 2.23. The van der Waals surface area contributed by atoms with Crippen LogP contribution in [0.1, 0.15) is 36.5 Å². The van der Waals surface area contributed by atoms with Gasteiger partial charge >= 0.3 is 0 Å². The average Bonchev–Trinajstić information content (AvgIpc) is 2.96. The molecule has 3 rings (SSSR count). The predicted molar refractivity (Wildman–Crippen MR) is 79.3 cm³/mol. The van der Waals surface area contributed by atoms with Crippen molar-refractivity contribution in [2.75, 3.05) is 0 Å². The fraction of sp³-hybridized carbons (Fsp3) is 0.500. The third-order valence-corrected chi connectivity index (χ3v) is 6.34. The third-order valence-electron chi connectivity index (χ3n) is 3.22. The molecule has 0 radical (unpaired) electrons. The molecule has 0 aromatic carbocycles. The number of nitrogens with zero attached hydrogens (tertiary/aromatic N) is 2. The monoisotopic (exact) mass is 327 g/mol. The van der Waals surface area contributed by atoms with E-state index in [1.54, 1.807) is 13.0 Å². The summed E-state index contributed by atoms with van der Waals surface area (Å²) in [6.07, 6.45) is 3.78. The van der Waals surface area contributed by atoms with Crippen LogP contribution in [-0.4, -0.2) is 29.6 Å². The number of aromatic nitrogens is 3. The molecule has 1 aliphatic carbocycles. The Hall–Kier alpha value is -1.29. The van der Waals surface area contributed by atoms with Crippen molar-refractivity contribution < 1.29 is 8.42 Å². The van der Waals surface area contributed by atoms with Gasteiger partial charge in [0.25, 0.3) is 10.0 Å². The Balaban J connectivity index is 1.66. The van der Waals surface area contributed by atoms with Crippen LogP contribution in [0.15, 0.2) is 22.7 Å². The van der Waals surface area contributed by atoms with Crippen molar-refractivity contribution >= 4 is 21.4 Å². The van der Waals surface area contributed by atoms with Gasteiger partial charge in [-0.25, -0.2) is 18.1 Å². The molecule has 21 heavy (non-hydrogen) atoms. The predicted octanol–water partition coefficient (Wildman–Crippen LogP) is 1.16. The van der Waals surface area contributed by atoms with Gasteiger partial charge in [-0.1, -0.05) is 0 Å². The minimum absolute atomic E-state index is 0.321. The van der Waals surface area contributed by atoms with E-state index in [1.165, 1.54) is 30.5 Å². The zero-order valence-corrected chi connectivity index (χ0v) is 13.2. The Bertz CT molecular complexity index is 691. The minimum atomic E-state index is -3.53. The minimum Gasteiger partial charge on any atom is -0.309 e. The maximum atomic E-state index is 12.3. The summed E-state index contributed by atoms with van der Waals surface area (Å²) in [5.74, 6) is 0.491. The van der Waals surface area contributed by atoms with Crippen LogP contribution in [0.5, 0.6) is 0 Å². The molecule has 2 aromatic heterocycles. The van der Waals surface area contributed by atoms with Gasteiger partial charge in [0, 0.05) is 17.5 Å². The summed E-state index contributed by atoms with van der Waals surface area (Å²) >= 11 is 1.29. The number of hydrogen-bond donors (Lipinski definition) is 3. The van der Waals surface area contributed by atoms with E-state index in [2.05, 4.69) is 25.2 Å². The normalized spacial score (nSPS) is 17.0. The summed E-state index contributed by atoms with van der Waals surface area (Å²) in [5.41, 5.74) is 0. The van der Waals surface area contributed by atoms with Crippen molar-refractivity contribution in [2.45, 2.75) is 42.6 Å². The van der Waals surface area contributed by atoms with Crippen molar-refractivity contribution in [3.8, 4) is 0 Å². The molecule has 0 aliphatic heterocycles. The Morgan fingerprint density at radius 3 is 2.95 bits per heavy atom. The highest BCUT2D eigenvalue weighted by Crippen LogP contribution is 2.25. The van der Waals surface area contributed by atoms with E-state index in [1.807, 2.05) is 6.07 Å². The van der Waals surface area contributed by atoms with Crippen LogP contribution in [0.4, 0.5) is 0 Å². The Labute approximate surface area is 127 Å². The van der Waals surface area contributed by atoms with E-state index in [9.17, 15) is 8.42 Å². The molecular formula is C12H17N5O2S2. The standard InChI is InChI=1S/C12H17N5O2S2/c1-8(12-14-7-15-16-12)17-21(18,19)11-5-4-10(20-11)6-13-9-2-3-9/h4-5,7-9,13,17H,2-3,6H2,1H3,(H,14,15,16). The average molecular weight is 327 g/mol. The summed E-state index contributed by atoms with van der Waals surface area (Å²) < 4.78 is 27.6. The zero-order chi connectivity index (χ0) is 14.9. The molecule has 1 saturated carbocycles. The molecule has 7 nitrogen and oxygen atoms in total. The fourth-order valence-corrected chi connectivity index (χ4v) is 4.43. The lowest BCUT2D eigenvalue weighted by Crippen LogP contribution is -2.27. The van der Waals surface area contributed by atoms with Gasteiger partial charge in [-0.15, -0.1) is 11.3 Å². The van der Waals surface area contributed by atoms with Gasteiger partial charge in [0.05, 0.1) is 6.04 Å². The van der Waals surface area contributed by atoms with Gasteiger partial charge < -0.3 is 5.32 Å². The van der Waals surface area contributed by atoms with Gasteiger partial charge in [0.2, 0.25) is 0 Å². The largest absolute Gasteiger partial charge is 0.309 e. The second kappa shape index (κ2) is 5.84. The quantitative estimate of drug-likeness (QED) is 0.708. The summed E-state index contributed by atoms with van der Waals surface area (Å²) in [4.78, 5) is 4.98. The Morgan fingerprint density at radius 1 is 1.48 bits per heavy atom. The number of aromatic amines is 1. The lowest BCUT2D eigenvalue weighted by molar-refractivity contribution is 0.562. The molecule has 2 aromatic rings. The summed E-state index contributed by atoms with van der Waals surface area (Å²) in [7, 11) is -3.53. The SMILES string of the molecule is CC(NS(=O)(=O)c1ccc(CNC2CC2)s1)c1ncn[nH]1. The lowest BCUT2D eigenvalue weighted by atomic mass is 10.3. The first kappa shape index (κ1) is 14.6. The topological polar surface area (TPSA) is 99.8 Å². The molecule has 1 aliphatic rings. The van der Waals surface area contributed by atoms with Crippen LogP contribution in [0.3, 0.4) is 0 Å². The fourth-order valence-electron chi connectivity index (χ4n) is 1.90. The first-order chi connectivity index (χ1) is 10.0. The molecule has 9 heteroatoms. The van der Waals surface area contributed by atoms with E-state index in [4.69, 9.17) is 0 Å². The second-order valence-corrected chi connectivity index (χ2v) is 8.20. The molecule has 1 unspecified atom stereocenters. The molecule has 0 saturated heterocycles. The van der Waals surface area contributed by atoms with Crippen LogP contribution in [0, 0.1) is 0 Å². The van der Waals surface area contributed by atoms with Gasteiger partial charge in [0.15, 0.2) is 0 Å².